The van der Waals surface area contributed by atoms with Gasteiger partial charge in [0.2, 0.25) is 5.89 Å². The monoisotopic (exact) mass is 369 g/mol. The smallest absolute Gasteiger partial charge is 0.331 e. The standard InChI is InChI=1S/C18H12FN3O5/c19-15-4-2-1-3-12(15)7-10-17(23)26-11-16-20-21-18(27-16)13-5-8-14(9-6-13)22(24)25/h1-10H,11H2. The van der Waals surface area contributed by atoms with Crippen molar-refractivity contribution >= 4 is 17.7 Å². The van der Waals surface area contributed by atoms with Crippen LogP contribution in [0.15, 0.2) is 59.0 Å². The van der Waals surface area contributed by atoms with Crippen molar-refractivity contribution in [3.63, 3.8) is 0 Å². The molecule has 9 heteroatoms. The van der Waals surface area contributed by atoms with Crippen molar-refractivity contribution in [1.82, 2.24) is 10.2 Å². The number of ether oxygens (including phenoxy) is 1. The maximum atomic E-state index is 13.5. The Morgan fingerprint density at radius 2 is 1.93 bits per heavy atom. The number of nitro groups is 1. The van der Waals surface area contributed by atoms with E-state index in [9.17, 15) is 19.3 Å². The van der Waals surface area contributed by atoms with Gasteiger partial charge in [-0.2, -0.15) is 0 Å². The van der Waals surface area contributed by atoms with Gasteiger partial charge in [0.15, 0.2) is 6.61 Å². The van der Waals surface area contributed by atoms with Crippen molar-refractivity contribution < 1.29 is 23.3 Å². The molecule has 0 N–H and O–H groups in total. The number of aromatic nitrogens is 2. The third-order valence-corrected chi connectivity index (χ3v) is 3.43. The Bertz CT molecular complexity index is 998. The summed E-state index contributed by atoms with van der Waals surface area (Å²) in [5.74, 6) is -0.964. The molecule has 8 nitrogen and oxygen atoms in total. The number of hydrogen-bond acceptors (Lipinski definition) is 7. The van der Waals surface area contributed by atoms with Crippen LogP contribution in [0, 0.1) is 15.9 Å². The first kappa shape index (κ1) is 17.9. The number of rotatable bonds is 6. The van der Waals surface area contributed by atoms with E-state index in [2.05, 4.69) is 10.2 Å². The van der Waals surface area contributed by atoms with Crippen LogP contribution in [0.1, 0.15) is 11.5 Å². The van der Waals surface area contributed by atoms with Gasteiger partial charge in [-0.1, -0.05) is 18.2 Å². The average Bonchev–Trinajstić information content (AvgIpc) is 3.15. The summed E-state index contributed by atoms with van der Waals surface area (Å²) in [6, 6.07) is 11.6. The normalized spacial score (nSPS) is 10.9. The van der Waals surface area contributed by atoms with Crippen LogP contribution in [0.2, 0.25) is 0 Å². The highest BCUT2D eigenvalue weighted by atomic mass is 19.1. The van der Waals surface area contributed by atoms with E-state index in [1.807, 2.05) is 0 Å². The molecule has 136 valence electrons. The molecular formula is C18H12FN3O5. The quantitative estimate of drug-likeness (QED) is 0.283. The molecule has 0 saturated heterocycles. The number of benzene rings is 2. The zero-order valence-corrected chi connectivity index (χ0v) is 13.7. The highest BCUT2D eigenvalue weighted by molar-refractivity contribution is 5.87. The van der Waals surface area contributed by atoms with Gasteiger partial charge in [-0.05, 0) is 24.3 Å². The largest absolute Gasteiger partial charge is 0.452 e. The molecule has 3 aromatic rings. The van der Waals surface area contributed by atoms with Gasteiger partial charge in [0.25, 0.3) is 11.6 Å². The topological polar surface area (TPSA) is 108 Å². The maximum Gasteiger partial charge on any atom is 0.331 e. The Kier molecular flexibility index (Phi) is 5.31. The fraction of sp³-hybridized carbons (Fsp3) is 0.0556. The lowest BCUT2D eigenvalue weighted by molar-refractivity contribution is -0.384. The van der Waals surface area contributed by atoms with Crippen molar-refractivity contribution in [3.8, 4) is 11.5 Å². The zero-order chi connectivity index (χ0) is 19.2. The molecule has 2 aromatic carbocycles. The minimum atomic E-state index is -0.701. The van der Waals surface area contributed by atoms with Gasteiger partial charge in [0.05, 0.1) is 4.92 Å². The highest BCUT2D eigenvalue weighted by Gasteiger charge is 2.12. The molecule has 0 spiro atoms. The number of halogens is 1. The minimum Gasteiger partial charge on any atom is -0.452 e. The lowest BCUT2D eigenvalue weighted by Crippen LogP contribution is -2.01. The molecule has 0 amide bonds. The average molecular weight is 369 g/mol. The van der Waals surface area contributed by atoms with Gasteiger partial charge in [-0.3, -0.25) is 10.1 Å². The van der Waals surface area contributed by atoms with E-state index < -0.39 is 16.7 Å². The molecule has 3 rings (SSSR count). The molecule has 0 atom stereocenters. The molecule has 0 aliphatic carbocycles. The van der Waals surface area contributed by atoms with Crippen molar-refractivity contribution in [2.24, 2.45) is 0 Å². The number of esters is 1. The third-order valence-electron chi connectivity index (χ3n) is 3.43. The number of non-ortho nitro benzene ring substituents is 1. The molecule has 0 saturated carbocycles. The van der Waals surface area contributed by atoms with Crippen LogP contribution in [-0.4, -0.2) is 21.1 Å². The van der Waals surface area contributed by atoms with E-state index in [1.54, 1.807) is 12.1 Å². The van der Waals surface area contributed by atoms with Crippen molar-refractivity contribution in [1.29, 1.82) is 0 Å². The van der Waals surface area contributed by atoms with Crippen LogP contribution < -0.4 is 0 Å². The third kappa shape index (κ3) is 4.60. The molecule has 0 aliphatic rings. The van der Waals surface area contributed by atoms with Crippen LogP contribution in [0.5, 0.6) is 0 Å². The molecule has 0 unspecified atom stereocenters. The van der Waals surface area contributed by atoms with Gasteiger partial charge in [0.1, 0.15) is 5.82 Å². The Morgan fingerprint density at radius 1 is 1.19 bits per heavy atom. The number of carbonyl (C=O) groups is 1. The number of nitro benzene ring substituents is 1. The molecule has 1 aromatic heterocycles. The summed E-state index contributed by atoms with van der Waals surface area (Å²) < 4.78 is 23.8. The summed E-state index contributed by atoms with van der Waals surface area (Å²) in [6.45, 7) is -0.263. The van der Waals surface area contributed by atoms with Crippen LogP contribution in [0.4, 0.5) is 10.1 Å². The molecule has 1 heterocycles. The zero-order valence-electron chi connectivity index (χ0n) is 13.7. The highest BCUT2D eigenvalue weighted by Crippen LogP contribution is 2.21. The van der Waals surface area contributed by atoms with Crippen LogP contribution >= 0.6 is 0 Å². The lowest BCUT2D eigenvalue weighted by atomic mass is 10.2. The summed E-state index contributed by atoms with van der Waals surface area (Å²) >= 11 is 0. The molecule has 0 aliphatic heterocycles. The van der Waals surface area contributed by atoms with E-state index in [1.165, 1.54) is 42.5 Å². The number of hydrogen-bond donors (Lipinski definition) is 0. The van der Waals surface area contributed by atoms with E-state index in [0.717, 1.165) is 6.08 Å². The van der Waals surface area contributed by atoms with Crippen molar-refractivity contribution in [3.05, 3.63) is 82.0 Å². The fourth-order valence-electron chi connectivity index (χ4n) is 2.10. The Labute approximate surface area is 152 Å². The predicted octanol–water partition coefficient (Wildman–Crippen LogP) is 3.54. The Hall–Kier alpha value is -3.88. The van der Waals surface area contributed by atoms with E-state index in [0.29, 0.717) is 5.56 Å². The summed E-state index contributed by atoms with van der Waals surface area (Å²) in [5.41, 5.74) is 0.687. The van der Waals surface area contributed by atoms with Crippen LogP contribution in [-0.2, 0) is 16.1 Å². The second-order valence-electron chi connectivity index (χ2n) is 5.27. The molecule has 27 heavy (non-hydrogen) atoms. The lowest BCUT2D eigenvalue weighted by Gasteiger charge is -1.98. The minimum absolute atomic E-state index is 0.0518. The van der Waals surface area contributed by atoms with E-state index in [4.69, 9.17) is 9.15 Å². The number of carbonyl (C=O) groups excluding carboxylic acids is 1. The first-order valence-electron chi connectivity index (χ1n) is 7.69. The molecular weight excluding hydrogens is 357 g/mol. The van der Waals surface area contributed by atoms with E-state index in [-0.39, 0.29) is 29.6 Å². The summed E-state index contributed by atoms with van der Waals surface area (Å²) in [5, 5.41) is 18.2. The summed E-state index contributed by atoms with van der Waals surface area (Å²) in [6.07, 6.45) is 2.39. The summed E-state index contributed by atoms with van der Waals surface area (Å²) in [7, 11) is 0. The van der Waals surface area contributed by atoms with Gasteiger partial charge in [0, 0.05) is 29.3 Å². The van der Waals surface area contributed by atoms with Gasteiger partial charge in [-0.15, -0.1) is 10.2 Å². The van der Waals surface area contributed by atoms with E-state index >= 15 is 0 Å². The van der Waals surface area contributed by atoms with Gasteiger partial charge >= 0.3 is 5.97 Å². The van der Waals surface area contributed by atoms with Gasteiger partial charge < -0.3 is 9.15 Å². The first-order chi connectivity index (χ1) is 13.0. The molecule has 0 bridgehead atoms. The number of nitrogens with zero attached hydrogens (tertiary/aromatic N) is 3. The Morgan fingerprint density at radius 3 is 2.63 bits per heavy atom. The van der Waals surface area contributed by atoms with Crippen molar-refractivity contribution in [2.75, 3.05) is 0 Å². The molecule has 0 radical (unpaired) electrons. The first-order valence-corrected chi connectivity index (χ1v) is 7.69. The van der Waals surface area contributed by atoms with Crippen molar-refractivity contribution in [2.45, 2.75) is 6.61 Å². The fourth-order valence-corrected chi connectivity index (χ4v) is 2.10. The second kappa shape index (κ2) is 8.00. The van der Waals surface area contributed by atoms with Crippen LogP contribution in [0.25, 0.3) is 17.5 Å². The predicted molar refractivity (Wildman–Crippen MR) is 91.6 cm³/mol. The Balaban J connectivity index is 1.58. The second-order valence-corrected chi connectivity index (χ2v) is 5.27. The van der Waals surface area contributed by atoms with Gasteiger partial charge in [-0.25, -0.2) is 9.18 Å². The SMILES string of the molecule is O=C(C=Cc1ccccc1F)OCc1nnc(-c2ccc([N+](=O)[O-])cc2)o1. The van der Waals surface area contributed by atoms with Crippen LogP contribution in [0.3, 0.4) is 0 Å². The maximum absolute atomic E-state index is 13.5. The summed E-state index contributed by atoms with van der Waals surface area (Å²) in [4.78, 5) is 21.8. The molecule has 0 fully saturated rings.